The summed E-state index contributed by atoms with van der Waals surface area (Å²) in [6.07, 6.45) is 0.778. The lowest BCUT2D eigenvalue weighted by atomic mass is 10.1. The standard InChI is InChI=1S/C18H15F3N4S/c1-2-11-25-16(14-7-9-22-10-8-14)23-24-17(25)26-12-13-3-5-15(6-4-13)18(19,20)21/h2-10H,1,11-12H2. The zero-order valence-corrected chi connectivity index (χ0v) is 14.5. The summed E-state index contributed by atoms with van der Waals surface area (Å²) < 4.78 is 39.8. The molecule has 0 bridgehead atoms. The van der Waals surface area contributed by atoms with Crippen LogP contribution in [0.5, 0.6) is 0 Å². The van der Waals surface area contributed by atoms with Crippen molar-refractivity contribution in [2.45, 2.75) is 23.6 Å². The Kier molecular flexibility index (Phi) is 5.41. The van der Waals surface area contributed by atoms with E-state index in [1.165, 1.54) is 23.9 Å². The van der Waals surface area contributed by atoms with Crippen molar-refractivity contribution in [2.24, 2.45) is 0 Å². The van der Waals surface area contributed by atoms with E-state index < -0.39 is 11.7 Å². The molecule has 3 rings (SSSR count). The summed E-state index contributed by atoms with van der Waals surface area (Å²) >= 11 is 1.41. The minimum Gasteiger partial charge on any atom is -0.298 e. The van der Waals surface area contributed by atoms with E-state index in [-0.39, 0.29) is 0 Å². The number of rotatable bonds is 6. The Morgan fingerprint density at radius 1 is 1.04 bits per heavy atom. The van der Waals surface area contributed by atoms with Gasteiger partial charge in [0, 0.05) is 30.3 Å². The summed E-state index contributed by atoms with van der Waals surface area (Å²) in [6.45, 7) is 4.29. The second kappa shape index (κ2) is 7.74. The van der Waals surface area contributed by atoms with Crippen molar-refractivity contribution in [3.8, 4) is 11.4 Å². The molecular weight excluding hydrogens is 361 g/mol. The largest absolute Gasteiger partial charge is 0.416 e. The molecule has 0 unspecified atom stereocenters. The number of aromatic nitrogens is 4. The Labute approximate surface area is 152 Å². The predicted molar refractivity (Wildman–Crippen MR) is 94.5 cm³/mol. The van der Waals surface area contributed by atoms with Crippen LogP contribution in [0, 0.1) is 0 Å². The Morgan fingerprint density at radius 2 is 1.73 bits per heavy atom. The fraction of sp³-hybridized carbons (Fsp3) is 0.167. The molecular formula is C18H15F3N4S. The number of thioether (sulfide) groups is 1. The van der Waals surface area contributed by atoms with Gasteiger partial charge in [0.15, 0.2) is 11.0 Å². The maximum Gasteiger partial charge on any atom is 0.416 e. The van der Waals surface area contributed by atoms with Gasteiger partial charge < -0.3 is 0 Å². The molecule has 0 N–H and O–H groups in total. The molecule has 8 heteroatoms. The van der Waals surface area contributed by atoms with Gasteiger partial charge in [0.25, 0.3) is 0 Å². The number of halogens is 3. The van der Waals surface area contributed by atoms with Crippen LogP contribution in [0.25, 0.3) is 11.4 Å². The Balaban J connectivity index is 1.78. The predicted octanol–water partition coefficient (Wildman–Crippen LogP) is 4.84. The normalized spacial score (nSPS) is 11.5. The maximum atomic E-state index is 12.6. The number of hydrogen-bond acceptors (Lipinski definition) is 4. The van der Waals surface area contributed by atoms with Gasteiger partial charge in [-0.2, -0.15) is 13.2 Å². The van der Waals surface area contributed by atoms with Crippen LogP contribution in [-0.4, -0.2) is 19.7 Å². The lowest BCUT2D eigenvalue weighted by molar-refractivity contribution is -0.137. The number of nitrogens with zero attached hydrogens (tertiary/aromatic N) is 4. The van der Waals surface area contributed by atoms with Gasteiger partial charge in [-0.25, -0.2) is 0 Å². The number of allylic oxidation sites excluding steroid dienone is 1. The number of benzene rings is 1. The van der Waals surface area contributed by atoms with Crippen LogP contribution in [0.3, 0.4) is 0 Å². The first kappa shape index (κ1) is 18.2. The highest BCUT2D eigenvalue weighted by Gasteiger charge is 2.29. The Bertz CT molecular complexity index is 874. The molecule has 0 amide bonds. The van der Waals surface area contributed by atoms with Crippen LogP contribution in [0.2, 0.25) is 0 Å². The van der Waals surface area contributed by atoms with Crippen molar-refractivity contribution < 1.29 is 13.2 Å². The number of hydrogen-bond donors (Lipinski definition) is 0. The highest BCUT2D eigenvalue weighted by atomic mass is 32.2. The summed E-state index contributed by atoms with van der Waals surface area (Å²) in [6, 6.07) is 8.82. The summed E-state index contributed by atoms with van der Waals surface area (Å²) in [7, 11) is 0. The molecule has 3 aromatic rings. The Hall–Kier alpha value is -2.61. The van der Waals surface area contributed by atoms with E-state index in [9.17, 15) is 13.2 Å². The monoisotopic (exact) mass is 376 g/mol. The molecule has 2 aromatic heterocycles. The average Bonchev–Trinajstić information content (AvgIpc) is 3.03. The van der Waals surface area contributed by atoms with Gasteiger partial charge in [0.1, 0.15) is 0 Å². The van der Waals surface area contributed by atoms with E-state index in [1.807, 2.05) is 16.7 Å². The molecule has 0 saturated heterocycles. The van der Waals surface area contributed by atoms with Crippen molar-refractivity contribution in [1.82, 2.24) is 19.7 Å². The van der Waals surface area contributed by atoms with E-state index in [1.54, 1.807) is 18.5 Å². The number of pyridine rings is 1. The highest BCUT2D eigenvalue weighted by Crippen LogP contribution is 2.30. The second-order valence-electron chi connectivity index (χ2n) is 5.42. The van der Waals surface area contributed by atoms with Gasteiger partial charge >= 0.3 is 6.18 Å². The van der Waals surface area contributed by atoms with Gasteiger partial charge in [-0.05, 0) is 29.8 Å². The summed E-state index contributed by atoms with van der Waals surface area (Å²) in [5.74, 6) is 1.19. The molecule has 0 aliphatic rings. The molecule has 4 nitrogen and oxygen atoms in total. The van der Waals surface area contributed by atoms with E-state index in [2.05, 4.69) is 21.8 Å². The molecule has 1 aromatic carbocycles. The van der Waals surface area contributed by atoms with E-state index >= 15 is 0 Å². The molecule has 26 heavy (non-hydrogen) atoms. The third-order valence-corrected chi connectivity index (χ3v) is 4.65. The van der Waals surface area contributed by atoms with Crippen LogP contribution in [0.15, 0.2) is 66.6 Å². The smallest absolute Gasteiger partial charge is 0.298 e. The summed E-state index contributed by atoms with van der Waals surface area (Å²) in [4.78, 5) is 3.99. The first-order chi connectivity index (χ1) is 12.5. The fourth-order valence-electron chi connectivity index (χ4n) is 2.34. The van der Waals surface area contributed by atoms with Gasteiger partial charge in [-0.3, -0.25) is 9.55 Å². The first-order valence-corrected chi connectivity index (χ1v) is 8.71. The Morgan fingerprint density at radius 3 is 2.35 bits per heavy atom. The SMILES string of the molecule is C=CCn1c(SCc2ccc(C(F)(F)F)cc2)nnc1-c1ccncc1. The molecule has 0 aliphatic carbocycles. The van der Waals surface area contributed by atoms with Crippen LogP contribution < -0.4 is 0 Å². The van der Waals surface area contributed by atoms with E-state index in [4.69, 9.17) is 0 Å². The van der Waals surface area contributed by atoms with Crippen LogP contribution in [0.1, 0.15) is 11.1 Å². The highest BCUT2D eigenvalue weighted by molar-refractivity contribution is 7.98. The number of alkyl halides is 3. The molecule has 134 valence electrons. The minimum atomic E-state index is -4.32. The topological polar surface area (TPSA) is 43.6 Å². The average molecular weight is 376 g/mol. The first-order valence-electron chi connectivity index (χ1n) is 7.72. The van der Waals surface area contributed by atoms with Crippen LogP contribution >= 0.6 is 11.8 Å². The second-order valence-corrected chi connectivity index (χ2v) is 6.37. The van der Waals surface area contributed by atoms with Crippen molar-refractivity contribution in [2.75, 3.05) is 0 Å². The lowest BCUT2D eigenvalue weighted by Crippen LogP contribution is -2.04. The van der Waals surface area contributed by atoms with Gasteiger partial charge in [-0.1, -0.05) is 30.0 Å². The molecule has 0 saturated carbocycles. The fourth-order valence-corrected chi connectivity index (χ4v) is 3.25. The third kappa shape index (κ3) is 4.13. The van der Waals surface area contributed by atoms with Crippen molar-refractivity contribution >= 4 is 11.8 Å². The van der Waals surface area contributed by atoms with Gasteiger partial charge in [0.05, 0.1) is 5.56 Å². The molecule has 0 radical (unpaired) electrons. The van der Waals surface area contributed by atoms with Gasteiger partial charge in [0.2, 0.25) is 0 Å². The molecule has 0 fully saturated rings. The minimum absolute atomic E-state index is 0.490. The zero-order chi connectivity index (χ0) is 18.6. The van der Waals surface area contributed by atoms with E-state index in [0.717, 1.165) is 23.3 Å². The summed E-state index contributed by atoms with van der Waals surface area (Å²) in [5, 5.41) is 9.12. The quantitative estimate of drug-likeness (QED) is 0.456. The van der Waals surface area contributed by atoms with E-state index in [0.29, 0.717) is 23.3 Å². The van der Waals surface area contributed by atoms with Crippen molar-refractivity contribution in [1.29, 1.82) is 0 Å². The van der Waals surface area contributed by atoms with Crippen LogP contribution in [0.4, 0.5) is 13.2 Å². The van der Waals surface area contributed by atoms with Crippen molar-refractivity contribution in [3.05, 3.63) is 72.6 Å². The molecule has 2 heterocycles. The molecule has 0 aliphatic heterocycles. The van der Waals surface area contributed by atoms with Gasteiger partial charge in [-0.15, -0.1) is 16.8 Å². The zero-order valence-electron chi connectivity index (χ0n) is 13.6. The van der Waals surface area contributed by atoms with Crippen LogP contribution in [-0.2, 0) is 18.5 Å². The molecule has 0 spiro atoms. The lowest BCUT2D eigenvalue weighted by Gasteiger charge is -2.09. The summed E-state index contributed by atoms with van der Waals surface area (Å²) in [5.41, 5.74) is 1.01. The third-order valence-electron chi connectivity index (χ3n) is 3.62. The molecule has 0 atom stereocenters. The van der Waals surface area contributed by atoms with Crippen molar-refractivity contribution in [3.63, 3.8) is 0 Å². The maximum absolute atomic E-state index is 12.6.